The van der Waals surface area contributed by atoms with Crippen molar-refractivity contribution >= 4 is 11.6 Å². The molecule has 0 atom stereocenters. The second-order valence-corrected chi connectivity index (χ2v) is 3.79. The fourth-order valence-corrected chi connectivity index (χ4v) is 1.91. The second-order valence-electron chi connectivity index (χ2n) is 3.40. The number of aromatic nitrogens is 2. The third-order valence-electron chi connectivity index (χ3n) is 2.41. The van der Waals surface area contributed by atoms with Gasteiger partial charge in [0.15, 0.2) is 0 Å². The van der Waals surface area contributed by atoms with Crippen molar-refractivity contribution in [1.29, 1.82) is 0 Å². The monoisotopic (exact) mass is 220 g/mol. The maximum Gasteiger partial charge on any atom is 0.128 e. The Kier molecular flexibility index (Phi) is 3.07. The van der Waals surface area contributed by atoms with Crippen molar-refractivity contribution in [3.63, 3.8) is 0 Å². The van der Waals surface area contributed by atoms with Crippen molar-refractivity contribution in [2.75, 3.05) is 0 Å². The summed E-state index contributed by atoms with van der Waals surface area (Å²) < 4.78 is 2.02. The fourth-order valence-electron chi connectivity index (χ4n) is 1.64. The first-order valence-electron chi connectivity index (χ1n) is 5.05. The van der Waals surface area contributed by atoms with Crippen LogP contribution in [0, 0.1) is 0 Å². The van der Waals surface area contributed by atoms with Crippen molar-refractivity contribution in [2.45, 2.75) is 19.9 Å². The van der Waals surface area contributed by atoms with Crippen molar-refractivity contribution in [3.8, 4) is 0 Å². The van der Waals surface area contributed by atoms with E-state index in [0.717, 1.165) is 18.8 Å². The van der Waals surface area contributed by atoms with Gasteiger partial charge in [0.05, 0.1) is 6.20 Å². The average Bonchev–Trinajstić information content (AvgIpc) is 2.61. The highest BCUT2D eigenvalue weighted by atomic mass is 35.5. The average molecular weight is 221 g/mol. The molecule has 3 heteroatoms. The molecule has 2 nitrogen and oxygen atoms in total. The fraction of sp³-hybridized carbons (Fsp3) is 0.250. The molecule has 2 rings (SSSR count). The highest BCUT2D eigenvalue weighted by Crippen LogP contribution is 2.14. The Hall–Kier alpha value is -1.28. The van der Waals surface area contributed by atoms with E-state index in [1.54, 1.807) is 6.20 Å². The van der Waals surface area contributed by atoms with E-state index in [-0.39, 0.29) is 0 Å². The van der Waals surface area contributed by atoms with Gasteiger partial charge in [-0.05, 0) is 12.5 Å². The van der Waals surface area contributed by atoms with E-state index in [9.17, 15) is 0 Å². The number of rotatable bonds is 3. The Labute approximate surface area is 94.5 Å². The summed E-state index contributed by atoms with van der Waals surface area (Å²) in [6, 6.07) is 10.3. The Bertz CT molecular complexity index is 434. The molecule has 0 amide bonds. The van der Waals surface area contributed by atoms with Crippen LogP contribution < -0.4 is 0 Å². The smallest absolute Gasteiger partial charge is 0.128 e. The van der Waals surface area contributed by atoms with Crippen molar-refractivity contribution in [3.05, 3.63) is 53.1 Å². The van der Waals surface area contributed by atoms with Crippen molar-refractivity contribution in [2.24, 2.45) is 0 Å². The lowest BCUT2D eigenvalue weighted by Gasteiger charge is -2.05. The SMILES string of the molecule is CCn1c(Cl)cnc1Cc1ccccc1. The molecule has 0 aliphatic heterocycles. The molecule has 1 heterocycles. The summed E-state index contributed by atoms with van der Waals surface area (Å²) in [5.74, 6) is 1.02. The molecular weight excluding hydrogens is 208 g/mol. The zero-order valence-corrected chi connectivity index (χ0v) is 9.41. The normalized spacial score (nSPS) is 10.5. The second kappa shape index (κ2) is 4.49. The van der Waals surface area contributed by atoms with E-state index in [0.29, 0.717) is 5.15 Å². The summed E-state index contributed by atoms with van der Waals surface area (Å²) in [4.78, 5) is 4.31. The number of benzene rings is 1. The van der Waals surface area contributed by atoms with Crippen molar-refractivity contribution in [1.82, 2.24) is 9.55 Å². The molecule has 0 unspecified atom stereocenters. The molecular formula is C12H13ClN2. The molecule has 1 aromatic heterocycles. The predicted octanol–water partition coefficient (Wildman–Crippen LogP) is 3.15. The van der Waals surface area contributed by atoms with Crippen LogP contribution in [0.2, 0.25) is 5.15 Å². The molecule has 1 aromatic carbocycles. The van der Waals surface area contributed by atoms with Gasteiger partial charge in [0.25, 0.3) is 0 Å². The van der Waals surface area contributed by atoms with Gasteiger partial charge in [-0.3, -0.25) is 0 Å². The Morgan fingerprint density at radius 2 is 2.00 bits per heavy atom. The van der Waals surface area contributed by atoms with Gasteiger partial charge < -0.3 is 4.57 Å². The number of nitrogens with zero attached hydrogens (tertiary/aromatic N) is 2. The zero-order valence-electron chi connectivity index (χ0n) is 8.65. The van der Waals surface area contributed by atoms with Crippen LogP contribution >= 0.6 is 11.6 Å². The number of hydrogen-bond acceptors (Lipinski definition) is 1. The molecule has 0 aliphatic rings. The number of imidazole rings is 1. The molecule has 15 heavy (non-hydrogen) atoms. The molecule has 0 aliphatic carbocycles. The largest absolute Gasteiger partial charge is 0.319 e. The minimum absolute atomic E-state index is 0.712. The first kappa shape index (κ1) is 10.2. The van der Waals surface area contributed by atoms with Gasteiger partial charge >= 0.3 is 0 Å². The first-order chi connectivity index (χ1) is 7.31. The number of halogens is 1. The highest BCUT2D eigenvalue weighted by molar-refractivity contribution is 6.29. The molecule has 0 radical (unpaired) electrons. The summed E-state index contributed by atoms with van der Waals surface area (Å²) in [7, 11) is 0. The maximum atomic E-state index is 6.01. The van der Waals surface area contributed by atoms with Crippen LogP contribution in [0.15, 0.2) is 36.5 Å². The lowest BCUT2D eigenvalue weighted by atomic mass is 10.1. The maximum absolute atomic E-state index is 6.01. The summed E-state index contributed by atoms with van der Waals surface area (Å²) in [5, 5.41) is 0.712. The van der Waals surface area contributed by atoms with E-state index in [2.05, 4.69) is 24.0 Å². The van der Waals surface area contributed by atoms with Crippen LogP contribution in [-0.2, 0) is 13.0 Å². The van der Waals surface area contributed by atoms with Gasteiger partial charge in [0.2, 0.25) is 0 Å². The Morgan fingerprint density at radius 3 is 2.67 bits per heavy atom. The van der Waals surface area contributed by atoms with Crippen LogP contribution in [-0.4, -0.2) is 9.55 Å². The van der Waals surface area contributed by atoms with Gasteiger partial charge in [-0.2, -0.15) is 0 Å². The lowest BCUT2D eigenvalue weighted by Crippen LogP contribution is -2.02. The van der Waals surface area contributed by atoms with Gasteiger partial charge in [-0.1, -0.05) is 41.9 Å². The van der Waals surface area contributed by atoms with Crippen LogP contribution in [0.1, 0.15) is 18.3 Å². The van der Waals surface area contributed by atoms with Crippen LogP contribution in [0.25, 0.3) is 0 Å². The standard InChI is InChI=1S/C12H13ClN2/c1-2-15-11(13)9-14-12(15)8-10-6-4-3-5-7-10/h3-7,9H,2,8H2,1H3. The van der Waals surface area contributed by atoms with E-state index >= 15 is 0 Å². The molecule has 0 fully saturated rings. The van der Waals surface area contributed by atoms with Gasteiger partial charge in [0.1, 0.15) is 11.0 Å². The third-order valence-corrected chi connectivity index (χ3v) is 2.71. The highest BCUT2D eigenvalue weighted by Gasteiger charge is 2.06. The van der Waals surface area contributed by atoms with Gasteiger partial charge in [-0.15, -0.1) is 0 Å². The van der Waals surface area contributed by atoms with Crippen LogP contribution in [0.3, 0.4) is 0 Å². The third kappa shape index (κ3) is 2.21. The zero-order chi connectivity index (χ0) is 10.7. The van der Waals surface area contributed by atoms with Gasteiger partial charge in [-0.25, -0.2) is 4.98 Å². The Morgan fingerprint density at radius 1 is 1.27 bits per heavy atom. The number of hydrogen-bond donors (Lipinski definition) is 0. The first-order valence-corrected chi connectivity index (χ1v) is 5.43. The Balaban J connectivity index is 2.25. The van der Waals surface area contributed by atoms with Crippen molar-refractivity contribution < 1.29 is 0 Å². The molecule has 0 spiro atoms. The summed E-state index contributed by atoms with van der Waals surface area (Å²) in [6.07, 6.45) is 2.55. The predicted molar refractivity (Wildman–Crippen MR) is 62.2 cm³/mol. The van der Waals surface area contributed by atoms with E-state index in [1.165, 1.54) is 5.56 Å². The molecule has 78 valence electrons. The minimum atomic E-state index is 0.712. The molecule has 0 saturated heterocycles. The lowest BCUT2D eigenvalue weighted by molar-refractivity contribution is 0.713. The van der Waals surface area contributed by atoms with E-state index in [4.69, 9.17) is 11.6 Å². The van der Waals surface area contributed by atoms with E-state index in [1.807, 2.05) is 22.8 Å². The molecule has 0 bridgehead atoms. The van der Waals surface area contributed by atoms with Crippen LogP contribution in [0.5, 0.6) is 0 Å². The van der Waals surface area contributed by atoms with E-state index < -0.39 is 0 Å². The summed E-state index contributed by atoms with van der Waals surface area (Å²) >= 11 is 6.01. The molecule has 2 aromatic rings. The van der Waals surface area contributed by atoms with Gasteiger partial charge in [0, 0.05) is 13.0 Å². The minimum Gasteiger partial charge on any atom is -0.319 e. The summed E-state index contributed by atoms with van der Waals surface area (Å²) in [6.45, 7) is 2.93. The molecule has 0 saturated carbocycles. The quantitative estimate of drug-likeness (QED) is 0.777. The molecule has 0 N–H and O–H groups in total. The topological polar surface area (TPSA) is 17.8 Å². The van der Waals surface area contributed by atoms with Crippen LogP contribution in [0.4, 0.5) is 0 Å². The summed E-state index contributed by atoms with van der Waals surface area (Å²) in [5.41, 5.74) is 1.26.